The van der Waals surface area contributed by atoms with Gasteiger partial charge in [0.05, 0.1) is 13.1 Å². The van der Waals surface area contributed by atoms with Gasteiger partial charge in [-0.2, -0.15) is 0 Å². The predicted molar refractivity (Wildman–Crippen MR) is 56.8 cm³/mol. The average Bonchev–Trinajstić information content (AvgIpc) is 2.25. The van der Waals surface area contributed by atoms with E-state index >= 15 is 0 Å². The van der Waals surface area contributed by atoms with E-state index in [1.54, 1.807) is 0 Å². The van der Waals surface area contributed by atoms with Gasteiger partial charge in [0.2, 0.25) is 0 Å². The molecule has 1 saturated heterocycles. The van der Waals surface area contributed by atoms with Gasteiger partial charge in [-0.25, -0.2) is 0 Å². The number of rotatable bonds is 6. The fraction of sp³-hybridized carbons (Fsp3) is 1.00. The predicted octanol–water partition coefficient (Wildman–Crippen LogP) is 1.98. The Labute approximate surface area is 87.6 Å². The van der Waals surface area contributed by atoms with E-state index in [2.05, 4.69) is 13.8 Å². The van der Waals surface area contributed by atoms with Crippen LogP contribution >= 0.6 is 0 Å². The van der Waals surface area contributed by atoms with Crippen LogP contribution < -0.4 is 0 Å². The molecule has 0 atom stereocenters. The number of hydrogen-bond acceptors (Lipinski definition) is 2. The lowest BCUT2D eigenvalue weighted by Gasteiger charge is -2.40. The molecule has 3 heteroatoms. The number of hydrogen-bond donors (Lipinski definition) is 0. The van der Waals surface area contributed by atoms with Crippen molar-refractivity contribution in [2.75, 3.05) is 39.8 Å². The van der Waals surface area contributed by atoms with Crippen molar-refractivity contribution in [2.24, 2.45) is 0 Å². The highest BCUT2D eigenvalue weighted by Crippen LogP contribution is 2.18. The van der Waals surface area contributed by atoms with E-state index < -0.39 is 0 Å². The van der Waals surface area contributed by atoms with Gasteiger partial charge in [0.25, 0.3) is 0 Å². The van der Waals surface area contributed by atoms with E-state index in [4.69, 9.17) is 9.47 Å². The van der Waals surface area contributed by atoms with Crippen LogP contribution in [0.4, 0.5) is 0 Å². The second-order valence-corrected chi connectivity index (χ2v) is 4.09. The summed E-state index contributed by atoms with van der Waals surface area (Å²) in [5.41, 5.74) is 0. The molecule has 0 aromatic carbocycles. The van der Waals surface area contributed by atoms with Crippen LogP contribution in [0.1, 0.15) is 33.1 Å². The number of ether oxygens (including phenoxy) is 2. The minimum absolute atomic E-state index is 0.812. The standard InChI is InChI=1S/C11H24NO2/c1-3-13-10-12(11-14-4-2)8-6-5-7-9-12/h3-11H2,1-2H3/q+1. The molecule has 1 fully saturated rings. The fourth-order valence-electron chi connectivity index (χ4n) is 2.05. The molecule has 3 nitrogen and oxygen atoms in total. The van der Waals surface area contributed by atoms with Crippen LogP contribution in [0.3, 0.4) is 0 Å². The van der Waals surface area contributed by atoms with Crippen molar-refractivity contribution < 1.29 is 14.0 Å². The molecule has 84 valence electrons. The second-order valence-electron chi connectivity index (χ2n) is 4.09. The van der Waals surface area contributed by atoms with Crippen molar-refractivity contribution in [2.45, 2.75) is 33.1 Å². The Bertz CT molecular complexity index is 134. The van der Waals surface area contributed by atoms with E-state index in [9.17, 15) is 0 Å². The van der Waals surface area contributed by atoms with Crippen LogP contribution in [-0.2, 0) is 9.47 Å². The second kappa shape index (κ2) is 6.38. The van der Waals surface area contributed by atoms with Crippen LogP contribution in [0.25, 0.3) is 0 Å². The maximum Gasteiger partial charge on any atom is 0.184 e. The van der Waals surface area contributed by atoms with Crippen LogP contribution in [0.5, 0.6) is 0 Å². The Hall–Kier alpha value is -0.120. The van der Waals surface area contributed by atoms with Crippen molar-refractivity contribution >= 4 is 0 Å². The number of nitrogens with zero attached hydrogens (tertiary/aromatic N) is 1. The molecule has 0 aromatic rings. The number of piperidine rings is 1. The summed E-state index contributed by atoms with van der Waals surface area (Å²) in [7, 11) is 0. The number of likely N-dealkylation sites (tertiary alicyclic amines) is 1. The topological polar surface area (TPSA) is 18.5 Å². The molecule has 0 N–H and O–H groups in total. The summed E-state index contributed by atoms with van der Waals surface area (Å²) in [6, 6.07) is 0. The first-order chi connectivity index (χ1) is 6.83. The van der Waals surface area contributed by atoms with Crippen LogP contribution in [-0.4, -0.2) is 44.2 Å². The molecule has 1 aliphatic rings. The van der Waals surface area contributed by atoms with Crippen molar-refractivity contribution in [1.29, 1.82) is 0 Å². The van der Waals surface area contributed by atoms with E-state index in [1.165, 1.54) is 32.4 Å². The van der Waals surface area contributed by atoms with Gasteiger partial charge < -0.3 is 9.47 Å². The van der Waals surface area contributed by atoms with Crippen LogP contribution in [0.2, 0.25) is 0 Å². The zero-order valence-electron chi connectivity index (χ0n) is 9.63. The summed E-state index contributed by atoms with van der Waals surface area (Å²) in [6.45, 7) is 9.84. The molecule has 1 rings (SSSR count). The third-order valence-corrected chi connectivity index (χ3v) is 2.90. The molecule has 0 unspecified atom stereocenters. The van der Waals surface area contributed by atoms with Crippen molar-refractivity contribution in [3.8, 4) is 0 Å². The maximum absolute atomic E-state index is 5.57. The normalized spacial score (nSPS) is 21.0. The van der Waals surface area contributed by atoms with Crippen molar-refractivity contribution in [3.63, 3.8) is 0 Å². The van der Waals surface area contributed by atoms with E-state index in [-0.39, 0.29) is 0 Å². The quantitative estimate of drug-likeness (QED) is 0.613. The highest BCUT2D eigenvalue weighted by Gasteiger charge is 2.29. The molecule has 0 aromatic heterocycles. The molecule has 1 heterocycles. The summed E-state index contributed by atoms with van der Waals surface area (Å²) in [6.07, 6.45) is 4.01. The van der Waals surface area contributed by atoms with Crippen LogP contribution in [0.15, 0.2) is 0 Å². The molecule has 0 radical (unpaired) electrons. The van der Waals surface area contributed by atoms with Crippen molar-refractivity contribution in [1.82, 2.24) is 0 Å². The summed E-state index contributed by atoms with van der Waals surface area (Å²) < 4.78 is 12.1. The van der Waals surface area contributed by atoms with Gasteiger partial charge >= 0.3 is 0 Å². The lowest BCUT2D eigenvalue weighted by molar-refractivity contribution is -0.966. The smallest absolute Gasteiger partial charge is 0.184 e. The zero-order chi connectivity index (χ0) is 10.3. The van der Waals surface area contributed by atoms with Crippen LogP contribution in [0, 0.1) is 0 Å². The zero-order valence-corrected chi connectivity index (χ0v) is 9.63. The third kappa shape index (κ3) is 3.56. The Morgan fingerprint density at radius 2 is 1.36 bits per heavy atom. The molecule has 14 heavy (non-hydrogen) atoms. The molecular weight excluding hydrogens is 178 g/mol. The van der Waals surface area contributed by atoms with Gasteiger partial charge in [0, 0.05) is 13.2 Å². The Kier molecular flexibility index (Phi) is 5.45. The van der Waals surface area contributed by atoms with E-state index in [1.807, 2.05) is 0 Å². The van der Waals surface area contributed by atoms with Gasteiger partial charge in [-0.15, -0.1) is 0 Å². The minimum atomic E-state index is 0.812. The largest absolute Gasteiger partial charge is 0.332 e. The molecule has 0 amide bonds. The molecule has 0 saturated carbocycles. The van der Waals surface area contributed by atoms with Gasteiger partial charge in [-0.3, -0.25) is 4.48 Å². The molecular formula is C11H24NO2+. The Morgan fingerprint density at radius 1 is 0.857 bits per heavy atom. The lowest BCUT2D eigenvalue weighted by atomic mass is 10.1. The summed E-state index contributed by atoms with van der Waals surface area (Å²) >= 11 is 0. The minimum Gasteiger partial charge on any atom is -0.332 e. The Morgan fingerprint density at radius 3 is 1.79 bits per heavy atom. The monoisotopic (exact) mass is 202 g/mol. The number of quaternary nitrogens is 1. The molecule has 0 spiro atoms. The van der Waals surface area contributed by atoms with E-state index in [0.717, 1.165) is 31.2 Å². The first kappa shape index (κ1) is 12.0. The first-order valence-corrected chi connectivity index (χ1v) is 5.83. The van der Waals surface area contributed by atoms with Gasteiger partial charge in [0.1, 0.15) is 0 Å². The summed E-state index contributed by atoms with van der Waals surface area (Å²) in [4.78, 5) is 0. The fourth-order valence-corrected chi connectivity index (χ4v) is 2.05. The summed E-state index contributed by atoms with van der Waals surface area (Å²) in [5.74, 6) is 0. The van der Waals surface area contributed by atoms with Gasteiger partial charge in [-0.1, -0.05) is 0 Å². The SMILES string of the molecule is CCOC[N+]1(COCC)CCCCC1. The average molecular weight is 202 g/mol. The maximum atomic E-state index is 5.57. The van der Waals surface area contributed by atoms with E-state index in [0.29, 0.717) is 0 Å². The molecule has 1 aliphatic heterocycles. The molecule has 0 bridgehead atoms. The van der Waals surface area contributed by atoms with Gasteiger partial charge in [-0.05, 0) is 33.1 Å². The third-order valence-electron chi connectivity index (χ3n) is 2.90. The highest BCUT2D eigenvalue weighted by atomic mass is 16.5. The van der Waals surface area contributed by atoms with Crippen molar-refractivity contribution in [3.05, 3.63) is 0 Å². The highest BCUT2D eigenvalue weighted by molar-refractivity contribution is 4.50. The molecule has 0 aliphatic carbocycles. The lowest BCUT2D eigenvalue weighted by Crippen LogP contribution is -2.54. The summed E-state index contributed by atoms with van der Waals surface area (Å²) in [5, 5.41) is 0. The first-order valence-electron chi connectivity index (χ1n) is 5.83. The Balaban J connectivity index is 2.39. The van der Waals surface area contributed by atoms with Gasteiger partial charge in [0.15, 0.2) is 13.5 Å².